The third-order valence-corrected chi connectivity index (χ3v) is 3.07. The summed E-state index contributed by atoms with van der Waals surface area (Å²) in [5.41, 5.74) is -2.18. The van der Waals surface area contributed by atoms with Crippen LogP contribution in [0, 0.1) is 0 Å². The number of nitrogens with one attached hydrogen (secondary N) is 2. The topological polar surface area (TPSA) is 70.6 Å². The van der Waals surface area contributed by atoms with Gasteiger partial charge in [0, 0.05) is 6.54 Å². The van der Waals surface area contributed by atoms with E-state index < -0.39 is 22.8 Å². The molecule has 0 aromatic carbocycles. The van der Waals surface area contributed by atoms with Crippen LogP contribution in [0.3, 0.4) is 0 Å². The van der Waals surface area contributed by atoms with Crippen LogP contribution in [0.25, 0.3) is 0 Å². The normalized spacial score (nSPS) is 25.8. The second-order valence-electron chi connectivity index (χ2n) is 6.19. The van der Waals surface area contributed by atoms with Gasteiger partial charge in [-0.05, 0) is 47.6 Å². The van der Waals surface area contributed by atoms with Crippen LogP contribution in [0.15, 0.2) is 0 Å². The molecule has 0 saturated carbocycles. The van der Waals surface area contributed by atoms with Crippen LogP contribution < -0.4 is 10.6 Å². The Morgan fingerprint density at radius 2 is 1.94 bits per heavy atom. The summed E-state index contributed by atoms with van der Waals surface area (Å²) in [6.45, 7) is 10.2. The van der Waals surface area contributed by atoms with Gasteiger partial charge in [0.2, 0.25) is 0 Å². The molecule has 0 aliphatic carbocycles. The number of aliphatic hydroxyl groups is 1. The number of carbonyl (C=O) groups excluding carboxylic acids is 1. The van der Waals surface area contributed by atoms with Crippen molar-refractivity contribution in [3.05, 3.63) is 0 Å². The van der Waals surface area contributed by atoms with E-state index in [2.05, 4.69) is 10.6 Å². The van der Waals surface area contributed by atoms with E-state index in [4.69, 9.17) is 4.74 Å². The summed E-state index contributed by atoms with van der Waals surface area (Å²) < 4.78 is 5.23. The maximum atomic E-state index is 11.8. The first-order valence-corrected chi connectivity index (χ1v) is 6.00. The first-order chi connectivity index (χ1) is 7.56. The largest absolute Gasteiger partial charge is 0.444 e. The van der Waals surface area contributed by atoms with E-state index in [-0.39, 0.29) is 0 Å². The summed E-state index contributed by atoms with van der Waals surface area (Å²) in [6, 6.07) is 0. The van der Waals surface area contributed by atoms with Crippen LogP contribution in [0.2, 0.25) is 0 Å². The van der Waals surface area contributed by atoms with Crippen LogP contribution in [-0.4, -0.2) is 41.0 Å². The Bertz CT molecular complexity index is 283. The molecule has 1 amide bonds. The molecule has 0 aromatic heterocycles. The third kappa shape index (κ3) is 3.57. The number of rotatable bonds is 2. The highest BCUT2D eigenvalue weighted by atomic mass is 16.6. The molecule has 1 saturated heterocycles. The molecule has 1 atom stereocenters. The first-order valence-electron chi connectivity index (χ1n) is 6.00. The van der Waals surface area contributed by atoms with Crippen LogP contribution >= 0.6 is 0 Å². The Balaban J connectivity index is 2.72. The molecular weight excluding hydrogens is 220 g/mol. The minimum absolute atomic E-state index is 0.483. The van der Waals surface area contributed by atoms with Gasteiger partial charge in [-0.1, -0.05) is 0 Å². The maximum Gasteiger partial charge on any atom is 0.408 e. The second-order valence-corrected chi connectivity index (χ2v) is 6.19. The van der Waals surface area contributed by atoms with Crippen molar-refractivity contribution >= 4 is 6.09 Å². The summed E-state index contributed by atoms with van der Waals surface area (Å²) >= 11 is 0. The molecule has 1 unspecified atom stereocenters. The average molecular weight is 244 g/mol. The van der Waals surface area contributed by atoms with Crippen LogP contribution in [0.4, 0.5) is 4.79 Å². The summed E-state index contributed by atoms with van der Waals surface area (Å²) in [6.07, 6.45) is 0.207. The van der Waals surface area contributed by atoms with Crippen molar-refractivity contribution in [1.29, 1.82) is 0 Å². The van der Waals surface area contributed by atoms with Crippen molar-refractivity contribution < 1.29 is 14.6 Å². The summed E-state index contributed by atoms with van der Waals surface area (Å²) in [5.74, 6) is 0. The lowest BCUT2D eigenvalue weighted by Crippen LogP contribution is -2.63. The molecule has 1 fully saturated rings. The van der Waals surface area contributed by atoms with E-state index in [1.165, 1.54) is 0 Å². The number of ether oxygens (including phenoxy) is 1. The van der Waals surface area contributed by atoms with Crippen molar-refractivity contribution in [2.75, 3.05) is 13.1 Å². The predicted molar refractivity (Wildman–Crippen MR) is 65.9 cm³/mol. The summed E-state index contributed by atoms with van der Waals surface area (Å²) in [5, 5.41) is 16.2. The molecule has 3 N–H and O–H groups in total. The van der Waals surface area contributed by atoms with Gasteiger partial charge in [0.15, 0.2) is 0 Å². The predicted octanol–water partition coefficient (Wildman–Crippen LogP) is 1.01. The molecule has 0 spiro atoms. The lowest BCUT2D eigenvalue weighted by Gasteiger charge is -2.40. The van der Waals surface area contributed by atoms with E-state index >= 15 is 0 Å². The molecular formula is C12H24N2O3. The molecule has 0 aromatic rings. The van der Waals surface area contributed by atoms with E-state index in [1.54, 1.807) is 13.8 Å². The summed E-state index contributed by atoms with van der Waals surface area (Å²) in [4.78, 5) is 11.8. The monoisotopic (exact) mass is 244 g/mol. The molecule has 0 radical (unpaired) electrons. The fraction of sp³-hybridized carbons (Fsp3) is 0.917. The van der Waals surface area contributed by atoms with Gasteiger partial charge in [-0.15, -0.1) is 0 Å². The standard InChI is InChI=1S/C12H24N2O3/c1-10(2,3)17-9(15)14-12(11(4,5)16)6-7-13-8-12/h13,16H,6-8H2,1-5H3,(H,14,15). The highest BCUT2D eigenvalue weighted by molar-refractivity contribution is 5.69. The Labute approximate surface area is 103 Å². The molecule has 5 heteroatoms. The van der Waals surface area contributed by atoms with Gasteiger partial charge in [-0.3, -0.25) is 0 Å². The second kappa shape index (κ2) is 4.46. The minimum atomic E-state index is -0.993. The highest BCUT2D eigenvalue weighted by Crippen LogP contribution is 2.28. The lowest BCUT2D eigenvalue weighted by molar-refractivity contribution is -0.0218. The number of carbonyl (C=O) groups is 1. The van der Waals surface area contributed by atoms with Gasteiger partial charge in [0.05, 0.1) is 11.1 Å². The summed E-state index contributed by atoms with van der Waals surface area (Å²) in [7, 11) is 0. The Morgan fingerprint density at radius 3 is 2.29 bits per heavy atom. The van der Waals surface area contributed by atoms with Gasteiger partial charge in [-0.25, -0.2) is 4.79 Å². The SMILES string of the molecule is CC(C)(C)OC(=O)NC1(C(C)(C)O)CCNC1. The van der Waals surface area contributed by atoms with Gasteiger partial charge < -0.3 is 20.5 Å². The van der Waals surface area contributed by atoms with Crippen molar-refractivity contribution in [3.63, 3.8) is 0 Å². The zero-order valence-electron chi connectivity index (χ0n) is 11.4. The zero-order chi connectivity index (χ0) is 13.3. The molecule has 0 bridgehead atoms. The fourth-order valence-corrected chi connectivity index (χ4v) is 1.97. The maximum absolute atomic E-state index is 11.8. The Hall–Kier alpha value is -0.810. The number of amides is 1. The van der Waals surface area contributed by atoms with Crippen LogP contribution in [0.1, 0.15) is 41.0 Å². The quantitative estimate of drug-likeness (QED) is 0.678. The smallest absolute Gasteiger partial charge is 0.408 e. The van der Waals surface area contributed by atoms with Crippen molar-refractivity contribution in [1.82, 2.24) is 10.6 Å². The van der Waals surface area contributed by atoms with Gasteiger partial charge in [0.25, 0.3) is 0 Å². The molecule has 17 heavy (non-hydrogen) atoms. The van der Waals surface area contributed by atoms with Crippen molar-refractivity contribution in [3.8, 4) is 0 Å². The van der Waals surface area contributed by atoms with E-state index in [0.29, 0.717) is 13.0 Å². The molecule has 1 rings (SSSR count). The van der Waals surface area contributed by atoms with Crippen LogP contribution in [0.5, 0.6) is 0 Å². The lowest BCUT2D eigenvalue weighted by atomic mass is 9.81. The van der Waals surface area contributed by atoms with E-state index in [9.17, 15) is 9.90 Å². The average Bonchev–Trinajstić information content (AvgIpc) is 2.48. The molecule has 100 valence electrons. The third-order valence-electron chi connectivity index (χ3n) is 3.07. The number of hydrogen-bond donors (Lipinski definition) is 3. The van der Waals surface area contributed by atoms with E-state index in [1.807, 2.05) is 20.8 Å². The van der Waals surface area contributed by atoms with Gasteiger partial charge >= 0.3 is 6.09 Å². The molecule has 5 nitrogen and oxygen atoms in total. The highest BCUT2D eigenvalue weighted by Gasteiger charge is 2.47. The fourth-order valence-electron chi connectivity index (χ4n) is 1.97. The number of hydrogen-bond acceptors (Lipinski definition) is 4. The first kappa shape index (κ1) is 14.3. The Morgan fingerprint density at radius 1 is 1.35 bits per heavy atom. The van der Waals surface area contributed by atoms with Crippen molar-refractivity contribution in [2.45, 2.75) is 57.8 Å². The molecule has 1 heterocycles. The van der Waals surface area contributed by atoms with Gasteiger partial charge in [-0.2, -0.15) is 0 Å². The molecule has 1 aliphatic heterocycles. The van der Waals surface area contributed by atoms with Crippen LogP contribution in [-0.2, 0) is 4.74 Å². The minimum Gasteiger partial charge on any atom is -0.444 e. The van der Waals surface area contributed by atoms with Gasteiger partial charge in [0.1, 0.15) is 5.60 Å². The Kier molecular flexibility index (Phi) is 3.74. The molecule has 1 aliphatic rings. The van der Waals surface area contributed by atoms with Crippen molar-refractivity contribution in [2.24, 2.45) is 0 Å². The van der Waals surface area contributed by atoms with E-state index in [0.717, 1.165) is 6.54 Å². The number of alkyl carbamates (subject to hydrolysis) is 1. The zero-order valence-corrected chi connectivity index (χ0v) is 11.4.